The number of aryl methyl sites for hydroxylation is 1. The van der Waals surface area contributed by atoms with Gasteiger partial charge in [0.2, 0.25) is 5.91 Å². The number of aromatic nitrogens is 2. The van der Waals surface area contributed by atoms with E-state index in [0.717, 1.165) is 17.7 Å². The summed E-state index contributed by atoms with van der Waals surface area (Å²) in [7, 11) is 0. The Morgan fingerprint density at radius 2 is 1.94 bits per heavy atom. The Balaban J connectivity index is 1.40. The number of ketones is 1. The molecule has 2 heterocycles. The van der Waals surface area contributed by atoms with Crippen LogP contribution >= 0.6 is 0 Å². The van der Waals surface area contributed by atoms with Crippen LogP contribution in [0.15, 0.2) is 67.1 Å². The monoisotopic (exact) mass is 417 g/mol. The molecule has 0 spiro atoms. The Hall–Kier alpha value is -3.41. The van der Waals surface area contributed by atoms with E-state index in [1.54, 1.807) is 35.6 Å². The predicted octanol–water partition coefficient (Wildman–Crippen LogP) is 4.34. The molecule has 1 aliphatic heterocycles. The third-order valence-corrected chi connectivity index (χ3v) is 5.69. The van der Waals surface area contributed by atoms with E-state index < -0.39 is 5.82 Å². The minimum atomic E-state index is -0.412. The summed E-state index contributed by atoms with van der Waals surface area (Å²) < 4.78 is 14.7. The number of hydrogen-bond donors (Lipinski definition) is 0. The summed E-state index contributed by atoms with van der Waals surface area (Å²) in [5, 5.41) is 0. The van der Waals surface area contributed by atoms with Gasteiger partial charge in [-0.1, -0.05) is 42.5 Å². The van der Waals surface area contributed by atoms with Crippen LogP contribution in [0.5, 0.6) is 0 Å². The standard InChI is InChI=1S/C25H24FN3O2/c26-23-15-19(8-10-22(23)18-5-2-1-3-6-18)25(31)20-7-4-14-29(17-20)24(30)11-9-21-16-27-12-13-28-21/h1-3,5-6,8,10,12-13,15-16,20H,4,7,9,11,14,17H2/t20-/m0/s1. The van der Waals surface area contributed by atoms with Gasteiger partial charge in [-0.2, -0.15) is 0 Å². The lowest BCUT2D eigenvalue weighted by Gasteiger charge is -2.32. The van der Waals surface area contributed by atoms with Gasteiger partial charge in [0, 0.05) is 55.1 Å². The topological polar surface area (TPSA) is 63.2 Å². The molecule has 5 nitrogen and oxygen atoms in total. The summed E-state index contributed by atoms with van der Waals surface area (Å²) in [6, 6.07) is 13.9. The molecule has 1 amide bonds. The second-order valence-electron chi connectivity index (χ2n) is 7.80. The van der Waals surface area contributed by atoms with Crippen molar-refractivity contribution in [2.45, 2.75) is 25.7 Å². The highest BCUT2D eigenvalue weighted by Crippen LogP contribution is 2.26. The van der Waals surface area contributed by atoms with Gasteiger partial charge in [-0.25, -0.2) is 4.39 Å². The zero-order valence-electron chi connectivity index (χ0n) is 17.2. The van der Waals surface area contributed by atoms with Crippen LogP contribution in [0.3, 0.4) is 0 Å². The maximum absolute atomic E-state index is 14.7. The van der Waals surface area contributed by atoms with Gasteiger partial charge in [0.1, 0.15) is 5.82 Å². The lowest BCUT2D eigenvalue weighted by Crippen LogP contribution is -2.42. The van der Waals surface area contributed by atoms with Crippen molar-refractivity contribution in [3.8, 4) is 11.1 Å². The van der Waals surface area contributed by atoms with Crippen LogP contribution in [-0.2, 0) is 11.2 Å². The van der Waals surface area contributed by atoms with E-state index in [0.29, 0.717) is 43.5 Å². The molecule has 0 saturated carbocycles. The number of hydrogen-bond acceptors (Lipinski definition) is 4. The van der Waals surface area contributed by atoms with Crippen LogP contribution < -0.4 is 0 Å². The van der Waals surface area contributed by atoms with Crippen LogP contribution in [0.1, 0.15) is 35.3 Å². The summed E-state index contributed by atoms with van der Waals surface area (Å²) >= 11 is 0. The molecule has 1 aromatic heterocycles. The number of likely N-dealkylation sites (tertiary alicyclic amines) is 1. The molecule has 6 heteroatoms. The van der Waals surface area contributed by atoms with Gasteiger partial charge in [-0.15, -0.1) is 0 Å². The first-order valence-corrected chi connectivity index (χ1v) is 10.5. The molecule has 1 saturated heterocycles. The van der Waals surface area contributed by atoms with Crippen molar-refractivity contribution < 1.29 is 14.0 Å². The van der Waals surface area contributed by atoms with Gasteiger partial charge < -0.3 is 4.90 Å². The maximum Gasteiger partial charge on any atom is 0.222 e. The fourth-order valence-corrected chi connectivity index (χ4v) is 4.03. The van der Waals surface area contributed by atoms with Gasteiger partial charge in [0.15, 0.2) is 5.78 Å². The SMILES string of the molecule is O=C(c1ccc(-c2ccccc2)c(F)c1)[C@H]1CCCN(C(=O)CCc2cnccn2)C1. The van der Waals surface area contributed by atoms with Gasteiger partial charge in [-0.3, -0.25) is 19.6 Å². The molecule has 158 valence electrons. The van der Waals surface area contributed by atoms with Crippen molar-refractivity contribution in [2.75, 3.05) is 13.1 Å². The van der Waals surface area contributed by atoms with Crippen molar-refractivity contribution in [1.29, 1.82) is 0 Å². The molecular weight excluding hydrogens is 393 g/mol. The minimum Gasteiger partial charge on any atom is -0.342 e. The zero-order valence-corrected chi connectivity index (χ0v) is 17.2. The number of Topliss-reactive ketones (excluding diaryl/α,β-unsaturated/α-hetero) is 1. The van der Waals surface area contributed by atoms with Crippen molar-refractivity contribution >= 4 is 11.7 Å². The lowest BCUT2D eigenvalue weighted by atomic mass is 9.89. The molecule has 1 fully saturated rings. The van der Waals surface area contributed by atoms with E-state index in [2.05, 4.69) is 9.97 Å². The molecule has 31 heavy (non-hydrogen) atoms. The lowest BCUT2D eigenvalue weighted by molar-refractivity contribution is -0.132. The highest BCUT2D eigenvalue weighted by Gasteiger charge is 2.29. The van der Waals surface area contributed by atoms with E-state index in [-0.39, 0.29) is 17.6 Å². The normalized spacial score (nSPS) is 16.2. The number of carbonyl (C=O) groups excluding carboxylic acids is 2. The highest BCUT2D eigenvalue weighted by molar-refractivity contribution is 5.98. The van der Waals surface area contributed by atoms with Crippen molar-refractivity contribution in [1.82, 2.24) is 14.9 Å². The number of rotatable bonds is 6. The van der Waals surface area contributed by atoms with Crippen LogP contribution in [0.25, 0.3) is 11.1 Å². The van der Waals surface area contributed by atoms with E-state index in [4.69, 9.17) is 0 Å². The van der Waals surface area contributed by atoms with E-state index in [9.17, 15) is 14.0 Å². The molecule has 1 atom stereocenters. The van der Waals surface area contributed by atoms with Crippen LogP contribution in [0.4, 0.5) is 4.39 Å². The number of amides is 1. The maximum atomic E-state index is 14.7. The third-order valence-electron chi connectivity index (χ3n) is 5.69. The molecule has 3 aromatic rings. The van der Waals surface area contributed by atoms with Gasteiger partial charge in [0.05, 0.1) is 5.69 Å². The Labute approximate surface area is 181 Å². The molecule has 0 bridgehead atoms. The van der Waals surface area contributed by atoms with Gasteiger partial charge in [-0.05, 0) is 30.9 Å². The average Bonchev–Trinajstić information content (AvgIpc) is 2.83. The van der Waals surface area contributed by atoms with Crippen LogP contribution in [0.2, 0.25) is 0 Å². The number of benzene rings is 2. The second-order valence-corrected chi connectivity index (χ2v) is 7.80. The fourth-order valence-electron chi connectivity index (χ4n) is 4.03. The minimum absolute atomic E-state index is 0.00811. The predicted molar refractivity (Wildman–Crippen MR) is 116 cm³/mol. The fraction of sp³-hybridized carbons (Fsp3) is 0.280. The van der Waals surface area contributed by atoms with Gasteiger partial charge in [0.25, 0.3) is 0 Å². The van der Waals surface area contributed by atoms with Crippen LogP contribution in [0, 0.1) is 11.7 Å². The third kappa shape index (κ3) is 5.02. The second kappa shape index (κ2) is 9.60. The molecular formula is C25H24FN3O2. The Morgan fingerprint density at radius 1 is 1.10 bits per heavy atom. The molecule has 0 unspecified atom stereocenters. The largest absolute Gasteiger partial charge is 0.342 e. The zero-order chi connectivity index (χ0) is 21.6. The molecule has 0 radical (unpaired) electrons. The number of nitrogens with zero attached hydrogens (tertiary/aromatic N) is 3. The summed E-state index contributed by atoms with van der Waals surface area (Å²) in [4.78, 5) is 35.6. The molecule has 0 aliphatic carbocycles. The van der Waals surface area contributed by atoms with E-state index in [1.807, 2.05) is 30.3 Å². The first-order chi connectivity index (χ1) is 15.1. The first kappa shape index (κ1) is 20.8. The van der Waals surface area contributed by atoms with Crippen molar-refractivity contribution in [3.63, 3.8) is 0 Å². The summed E-state index contributed by atoms with van der Waals surface area (Å²) in [6.07, 6.45) is 7.18. The first-order valence-electron chi connectivity index (χ1n) is 10.5. The van der Waals surface area contributed by atoms with Crippen molar-refractivity contribution in [3.05, 3.63) is 84.2 Å². The van der Waals surface area contributed by atoms with Gasteiger partial charge >= 0.3 is 0 Å². The highest BCUT2D eigenvalue weighted by atomic mass is 19.1. The number of halogens is 1. The molecule has 2 aromatic carbocycles. The van der Waals surface area contributed by atoms with Crippen LogP contribution in [-0.4, -0.2) is 39.6 Å². The van der Waals surface area contributed by atoms with E-state index in [1.165, 1.54) is 6.07 Å². The molecule has 0 N–H and O–H groups in total. The van der Waals surface area contributed by atoms with Crippen molar-refractivity contribution in [2.24, 2.45) is 5.92 Å². The Morgan fingerprint density at radius 3 is 2.68 bits per heavy atom. The molecule has 4 rings (SSSR count). The Bertz CT molecular complexity index is 1060. The average molecular weight is 417 g/mol. The number of carbonyl (C=O) groups is 2. The summed E-state index contributed by atoms with van der Waals surface area (Å²) in [5.74, 6) is -0.820. The quantitative estimate of drug-likeness (QED) is 0.560. The smallest absolute Gasteiger partial charge is 0.222 e. The van der Waals surface area contributed by atoms with E-state index >= 15 is 0 Å². The summed E-state index contributed by atoms with van der Waals surface area (Å²) in [5.41, 5.74) is 2.38. The molecule has 1 aliphatic rings. The summed E-state index contributed by atoms with van der Waals surface area (Å²) in [6.45, 7) is 1.02. The number of piperidine rings is 1. The Kier molecular flexibility index (Phi) is 6.46.